The predicted molar refractivity (Wildman–Crippen MR) is 155 cm³/mol. The maximum absolute atomic E-state index is 11.4. The molecular formula is C33H51NO2. The summed E-state index contributed by atoms with van der Waals surface area (Å²) in [7, 11) is 0. The topological polar surface area (TPSA) is 43.7 Å². The van der Waals surface area contributed by atoms with E-state index >= 15 is 0 Å². The summed E-state index contributed by atoms with van der Waals surface area (Å²) in [5.74, 6) is 0.736. The molecule has 3 heteroatoms. The molecule has 0 radical (unpaired) electrons. The molecule has 0 fully saturated rings. The fourth-order valence-electron chi connectivity index (χ4n) is 4.49. The van der Waals surface area contributed by atoms with E-state index in [-0.39, 0.29) is 21.7 Å². The first kappa shape index (κ1) is 30.0. The van der Waals surface area contributed by atoms with Crippen molar-refractivity contribution in [3.05, 3.63) is 70.3 Å². The van der Waals surface area contributed by atoms with Crippen LogP contribution in [0.3, 0.4) is 0 Å². The van der Waals surface area contributed by atoms with Crippen LogP contribution in [0.15, 0.2) is 36.9 Å². The number of phenols is 2. The normalized spacial score (nSPS) is 13.4. The van der Waals surface area contributed by atoms with Crippen molar-refractivity contribution in [2.75, 3.05) is 6.54 Å². The molecule has 0 amide bonds. The zero-order chi connectivity index (χ0) is 27.9. The number of hydrogen-bond acceptors (Lipinski definition) is 3. The Morgan fingerprint density at radius 3 is 1.19 bits per heavy atom. The van der Waals surface area contributed by atoms with Crippen LogP contribution in [0, 0.1) is 0 Å². The zero-order valence-corrected chi connectivity index (χ0v) is 25.1. The summed E-state index contributed by atoms with van der Waals surface area (Å²) in [4.78, 5) is 2.24. The molecule has 0 atom stereocenters. The van der Waals surface area contributed by atoms with E-state index in [1.54, 1.807) is 0 Å². The van der Waals surface area contributed by atoms with Gasteiger partial charge in [0.1, 0.15) is 11.5 Å². The van der Waals surface area contributed by atoms with Gasteiger partial charge in [0.15, 0.2) is 0 Å². The van der Waals surface area contributed by atoms with Crippen molar-refractivity contribution in [3.8, 4) is 11.5 Å². The van der Waals surface area contributed by atoms with Crippen LogP contribution in [-0.2, 0) is 34.7 Å². The summed E-state index contributed by atoms with van der Waals surface area (Å²) in [5.41, 5.74) is 5.77. The SMILES string of the molecule is C=CCN(Cc1cc(C(C)(C)C)cc(C(C)(C)C)c1O)Cc1cc(C(C)(C)C)cc(C(C)(C)C)c1O. The number of rotatable bonds is 6. The highest BCUT2D eigenvalue weighted by atomic mass is 16.3. The quantitative estimate of drug-likeness (QED) is 0.397. The van der Waals surface area contributed by atoms with Crippen LogP contribution < -0.4 is 0 Å². The van der Waals surface area contributed by atoms with E-state index in [9.17, 15) is 10.2 Å². The van der Waals surface area contributed by atoms with Crippen molar-refractivity contribution >= 4 is 0 Å². The summed E-state index contributed by atoms with van der Waals surface area (Å²) >= 11 is 0. The van der Waals surface area contributed by atoms with Crippen molar-refractivity contribution in [2.45, 2.75) is 118 Å². The molecule has 2 aromatic carbocycles. The van der Waals surface area contributed by atoms with Gasteiger partial charge in [0, 0.05) is 30.8 Å². The van der Waals surface area contributed by atoms with Gasteiger partial charge in [-0.3, -0.25) is 4.90 Å². The second-order valence-corrected chi connectivity index (χ2v) is 14.5. The van der Waals surface area contributed by atoms with Gasteiger partial charge in [-0.1, -0.05) is 113 Å². The number of aromatic hydroxyl groups is 2. The third-order valence-electron chi connectivity index (χ3n) is 6.90. The first-order chi connectivity index (χ1) is 16.2. The van der Waals surface area contributed by atoms with Crippen molar-refractivity contribution < 1.29 is 10.2 Å². The van der Waals surface area contributed by atoms with Gasteiger partial charge in [-0.05, 0) is 43.9 Å². The molecule has 2 N–H and O–H groups in total. The third-order valence-corrected chi connectivity index (χ3v) is 6.90. The maximum atomic E-state index is 11.4. The lowest BCUT2D eigenvalue weighted by Crippen LogP contribution is -2.25. The summed E-state index contributed by atoms with van der Waals surface area (Å²) in [6.07, 6.45) is 1.89. The van der Waals surface area contributed by atoms with Gasteiger partial charge in [-0.15, -0.1) is 6.58 Å². The fourth-order valence-corrected chi connectivity index (χ4v) is 4.49. The third kappa shape index (κ3) is 7.16. The highest BCUT2D eigenvalue weighted by Crippen LogP contribution is 2.40. The maximum Gasteiger partial charge on any atom is 0.123 e. The summed E-state index contributed by atoms with van der Waals surface area (Å²) in [5, 5.41) is 22.7. The van der Waals surface area contributed by atoms with Gasteiger partial charge in [-0.25, -0.2) is 0 Å². The van der Waals surface area contributed by atoms with E-state index in [0.29, 0.717) is 31.1 Å². The Bertz CT molecular complexity index is 1000. The summed E-state index contributed by atoms with van der Waals surface area (Å²) in [6.45, 7) is 31.9. The molecular weight excluding hydrogens is 442 g/mol. The molecule has 0 aliphatic carbocycles. The summed E-state index contributed by atoms with van der Waals surface area (Å²) in [6, 6.07) is 8.61. The highest BCUT2D eigenvalue weighted by Gasteiger charge is 2.28. The first-order valence-corrected chi connectivity index (χ1v) is 13.2. The number of hydrogen-bond donors (Lipinski definition) is 2. The Morgan fingerprint density at radius 1 is 0.611 bits per heavy atom. The van der Waals surface area contributed by atoms with Crippen LogP contribution in [0.1, 0.15) is 116 Å². The van der Waals surface area contributed by atoms with Gasteiger partial charge in [-0.2, -0.15) is 0 Å². The monoisotopic (exact) mass is 493 g/mol. The van der Waals surface area contributed by atoms with Crippen LogP contribution in [0.25, 0.3) is 0 Å². The van der Waals surface area contributed by atoms with Crippen LogP contribution in [0.2, 0.25) is 0 Å². The second kappa shape index (κ2) is 10.2. The minimum atomic E-state index is -0.176. The average Bonchev–Trinajstić information content (AvgIpc) is 2.67. The predicted octanol–water partition coefficient (Wildman–Crippen LogP) is 8.48. The number of benzene rings is 2. The second-order valence-electron chi connectivity index (χ2n) is 14.5. The average molecular weight is 494 g/mol. The lowest BCUT2D eigenvalue weighted by molar-refractivity contribution is 0.275. The van der Waals surface area contributed by atoms with Crippen LogP contribution in [0.5, 0.6) is 11.5 Å². The van der Waals surface area contributed by atoms with E-state index in [1.807, 2.05) is 6.08 Å². The Labute approximate surface area is 221 Å². The van der Waals surface area contributed by atoms with E-state index < -0.39 is 0 Å². The largest absolute Gasteiger partial charge is 0.507 e. The van der Waals surface area contributed by atoms with E-state index in [4.69, 9.17) is 0 Å². The molecule has 0 bridgehead atoms. The molecule has 0 aliphatic heterocycles. The lowest BCUT2D eigenvalue weighted by Gasteiger charge is -2.31. The number of nitrogens with zero attached hydrogens (tertiary/aromatic N) is 1. The minimum Gasteiger partial charge on any atom is -0.507 e. The molecule has 200 valence electrons. The summed E-state index contributed by atoms with van der Waals surface area (Å²) < 4.78 is 0. The van der Waals surface area contributed by atoms with E-state index in [1.165, 1.54) is 11.1 Å². The molecule has 0 heterocycles. The molecule has 2 rings (SSSR count). The smallest absolute Gasteiger partial charge is 0.123 e. The van der Waals surface area contributed by atoms with Crippen LogP contribution >= 0.6 is 0 Å². The Kier molecular flexibility index (Phi) is 8.53. The van der Waals surface area contributed by atoms with Crippen LogP contribution in [-0.4, -0.2) is 21.7 Å². The van der Waals surface area contributed by atoms with E-state index in [2.05, 4.69) is 119 Å². The molecule has 0 unspecified atom stereocenters. The molecule has 0 saturated heterocycles. The van der Waals surface area contributed by atoms with Gasteiger partial charge >= 0.3 is 0 Å². The first-order valence-electron chi connectivity index (χ1n) is 13.2. The Morgan fingerprint density at radius 2 is 0.944 bits per heavy atom. The molecule has 0 spiro atoms. The fraction of sp³-hybridized carbons (Fsp3) is 0.576. The van der Waals surface area contributed by atoms with Gasteiger partial charge < -0.3 is 10.2 Å². The molecule has 36 heavy (non-hydrogen) atoms. The Hall–Kier alpha value is -2.26. The molecule has 0 saturated carbocycles. The molecule has 2 aromatic rings. The van der Waals surface area contributed by atoms with Crippen molar-refractivity contribution in [1.29, 1.82) is 0 Å². The van der Waals surface area contributed by atoms with Crippen LogP contribution in [0.4, 0.5) is 0 Å². The van der Waals surface area contributed by atoms with E-state index in [0.717, 1.165) is 22.3 Å². The van der Waals surface area contributed by atoms with Crippen molar-refractivity contribution in [1.82, 2.24) is 4.90 Å². The van der Waals surface area contributed by atoms with Gasteiger partial charge in [0.2, 0.25) is 0 Å². The van der Waals surface area contributed by atoms with Crippen molar-refractivity contribution in [2.24, 2.45) is 0 Å². The minimum absolute atomic E-state index is 0.0351. The highest BCUT2D eigenvalue weighted by molar-refractivity contribution is 5.50. The van der Waals surface area contributed by atoms with Gasteiger partial charge in [0.05, 0.1) is 0 Å². The zero-order valence-electron chi connectivity index (χ0n) is 25.1. The number of phenolic OH excluding ortho intramolecular Hbond substituents is 2. The van der Waals surface area contributed by atoms with Crippen molar-refractivity contribution in [3.63, 3.8) is 0 Å². The lowest BCUT2D eigenvalue weighted by atomic mass is 9.78. The van der Waals surface area contributed by atoms with Gasteiger partial charge in [0.25, 0.3) is 0 Å². The molecule has 0 aromatic heterocycles. The Balaban J connectivity index is 2.62. The molecule has 3 nitrogen and oxygen atoms in total. The standard InChI is InChI=1S/C33H51NO2/c1-14-15-34(20-22-16-24(30(2,3)4)18-26(28(22)35)32(8,9)10)21-23-17-25(31(5,6)7)19-27(29(23)36)33(11,12)13/h14,16-19,35-36H,1,15,20-21H2,2-13H3. The molecule has 0 aliphatic rings.